The number of benzene rings is 1. The first-order chi connectivity index (χ1) is 18.2. The van der Waals surface area contributed by atoms with Gasteiger partial charge in [0.05, 0.1) is 20.0 Å². The molecule has 38 heavy (non-hydrogen) atoms. The van der Waals surface area contributed by atoms with Crippen molar-refractivity contribution in [1.82, 2.24) is 36.2 Å². The Balaban J connectivity index is 1.51. The number of fused-ring (bicyclic) bond motifs is 1. The van der Waals surface area contributed by atoms with Crippen molar-refractivity contribution in [3.63, 3.8) is 0 Å². The zero-order valence-corrected chi connectivity index (χ0v) is 22.0. The molecule has 14 nitrogen and oxygen atoms in total. The summed E-state index contributed by atoms with van der Waals surface area (Å²) >= 11 is 2.21. The third-order valence-electron chi connectivity index (χ3n) is 5.97. The molecule has 2 aliphatic rings. The Morgan fingerprint density at radius 1 is 1.32 bits per heavy atom. The van der Waals surface area contributed by atoms with Crippen molar-refractivity contribution in [2.75, 3.05) is 19.9 Å². The van der Waals surface area contributed by atoms with Crippen LogP contribution >= 0.6 is 23.5 Å². The Labute approximate surface area is 224 Å². The van der Waals surface area contributed by atoms with E-state index in [4.69, 9.17) is 4.74 Å². The fraction of sp³-hybridized carbons (Fsp3) is 0.409. The fourth-order valence-electron chi connectivity index (χ4n) is 4.27. The predicted molar refractivity (Wildman–Crippen MR) is 135 cm³/mol. The van der Waals surface area contributed by atoms with Crippen molar-refractivity contribution in [3.05, 3.63) is 40.6 Å². The Morgan fingerprint density at radius 3 is 2.74 bits per heavy atom. The number of carbonyl (C=O) groups is 4. The molecule has 3 atom stereocenters. The molecule has 2 aromatic rings. The first-order valence-electron chi connectivity index (χ1n) is 11.4. The quantitative estimate of drug-likeness (QED) is 0.169. The maximum absolute atomic E-state index is 13.1. The zero-order valence-electron chi connectivity index (χ0n) is 20.3. The van der Waals surface area contributed by atoms with Crippen molar-refractivity contribution in [3.8, 4) is 5.75 Å². The second-order valence-electron chi connectivity index (χ2n) is 8.37. The number of H-pyrrole nitrogens is 1. The molecule has 0 radical (unpaired) electrons. The van der Waals surface area contributed by atoms with E-state index in [0.717, 1.165) is 27.8 Å². The lowest BCUT2D eigenvalue weighted by molar-refractivity contribution is -0.150. The molecule has 0 bridgehead atoms. The molecule has 0 spiro atoms. The van der Waals surface area contributed by atoms with E-state index in [1.54, 1.807) is 26.3 Å². The van der Waals surface area contributed by atoms with Crippen LogP contribution in [0, 0.1) is 0 Å². The lowest BCUT2D eigenvalue weighted by Gasteiger charge is -2.50. The lowest BCUT2D eigenvalue weighted by atomic mass is 9.99. The van der Waals surface area contributed by atoms with E-state index >= 15 is 0 Å². The Kier molecular flexibility index (Phi) is 8.53. The van der Waals surface area contributed by atoms with Gasteiger partial charge in [0, 0.05) is 17.5 Å². The number of aliphatic carboxylic acids is 2. The molecule has 1 aromatic carbocycles. The number of nitrogens with zero attached hydrogens (tertiary/aromatic N) is 4. The number of thioether (sulfide) groups is 2. The summed E-state index contributed by atoms with van der Waals surface area (Å²) in [7, 11) is 3.34. The van der Waals surface area contributed by atoms with Gasteiger partial charge in [0.25, 0.3) is 5.91 Å². The maximum Gasteiger partial charge on any atom is 0.352 e. The summed E-state index contributed by atoms with van der Waals surface area (Å²) in [4.78, 5) is 50.8. The summed E-state index contributed by atoms with van der Waals surface area (Å²) in [6.45, 7) is 0.517. The number of β-lactam (4-membered cyclic amide) rings is 1. The standard InChI is InChI=1S/C22H25N7O7S2/c1-23-8-11-5-12(36-2)4-3-10(11)6-15(30)24-17-19(33)29-18(21(34)35)13(9-37-20(17)29)14(7-16(31)32)38-22-25-27-28-26-22/h3-5,14,17,20,23H,6-9H2,1-2H3,(H,24,30)(H,31,32)(H,34,35)(H,25,26,27,28)/t14?,17?,20-/m0/s1. The molecule has 2 unspecified atom stereocenters. The minimum atomic E-state index is -1.36. The maximum atomic E-state index is 13.1. The second-order valence-corrected chi connectivity index (χ2v) is 10.6. The number of tetrazole rings is 1. The van der Waals surface area contributed by atoms with E-state index in [0.29, 0.717) is 12.3 Å². The summed E-state index contributed by atoms with van der Waals surface area (Å²) in [6.07, 6.45) is -0.382. The summed E-state index contributed by atoms with van der Waals surface area (Å²) in [5.74, 6) is -2.65. The van der Waals surface area contributed by atoms with Crippen LogP contribution in [-0.4, -0.2) is 96.1 Å². The first kappa shape index (κ1) is 27.4. The molecular formula is C22H25N7O7S2. The Hall–Kier alpha value is -3.63. The van der Waals surface area contributed by atoms with Crippen LogP contribution in [0.1, 0.15) is 17.5 Å². The number of rotatable bonds is 12. The van der Waals surface area contributed by atoms with E-state index < -0.39 is 40.9 Å². The van der Waals surface area contributed by atoms with Crippen molar-refractivity contribution in [1.29, 1.82) is 0 Å². The van der Waals surface area contributed by atoms with Gasteiger partial charge in [-0.25, -0.2) is 4.79 Å². The first-order valence-corrected chi connectivity index (χ1v) is 13.3. The van der Waals surface area contributed by atoms with Crippen LogP contribution < -0.4 is 15.4 Å². The van der Waals surface area contributed by atoms with E-state index in [9.17, 15) is 29.4 Å². The van der Waals surface area contributed by atoms with Crippen LogP contribution in [0.2, 0.25) is 0 Å². The van der Waals surface area contributed by atoms with Gasteiger partial charge in [-0.2, -0.15) is 5.21 Å². The van der Waals surface area contributed by atoms with E-state index in [2.05, 4.69) is 31.3 Å². The monoisotopic (exact) mass is 563 g/mol. The summed E-state index contributed by atoms with van der Waals surface area (Å²) in [6, 6.07) is 4.47. The third kappa shape index (κ3) is 5.76. The molecule has 1 fully saturated rings. The largest absolute Gasteiger partial charge is 0.497 e. The molecule has 3 heterocycles. The highest BCUT2D eigenvalue weighted by Crippen LogP contribution is 2.44. The van der Waals surface area contributed by atoms with Crippen LogP contribution in [0.5, 0.6) is 5.75 Å². The SMILES string of the molecule is CNCc1cc(OC)ccc1CC(=O)NC1C(=O)N2C(C(=O)O)=C(C(CC(=O)O)Sc3nn[nH]n3)CS[C@@H]12. The van der Waals surface area contributed by atoms with Crippen molar-refractivity contribution >= 4 is 47.3 Å². The van der Waals surface area contributed by atoms with Crippen molar-refractivity contribution < 1.29 is 34.1 Å². The number of aromatic nitrogens is 4. The van der Waals surface area contributed by atoms with Gasteiger partial charge in [0.1, 0.15) is 22.9 Å². The number of carboxylic acid groups (broad SMARTS) is 2. The summed E-state index contributed by atoms with van der Waals surface area (Å²) in [5, 5.41) is 37.2. The minimum absolute atomic E-state index is 0.0249. The number of hydrogen-bond acceptors (Lipinski definition) is 11. The number of ether oxygens (including phenoxy) is 1. The number of methoxy groups -OCH3 is 1. The van der Waals surface area contributed by atoms with Gasteiger partial charge in [0.2, 0.25) is 11.1 Å². The molecule has 1 aromatic heterocycles. The average molecular weight is 564 g/mol. The molecular weight excluding hydrogens is 538 g/mol. The highest BCUT2D eigenvalue weighted by molar-refractivity contribution is 8.01. The number of amides is 2. The van der Waals surface area contributed by atoms with Gasteiger partial charge >= 0.3 is 11.9 Å². The van der Waals surface area contributed by atoms with E-state index in [1.807, 2.05) is 6.07 Å². The smallest absolute Gasteiger partial charge is 0.352 e. The zero-order chi connectivity index (χ0) is 27.4. The van der Waals surface area contributed by atoms with Crippen LogP contribution in [0.3, 0.4) is 0 Å². The normalized spacial score (nSPS) is 19.4. The molecule has 2 amide bonds. The fourth-order valence-corrected chi connectivity index (χ4v) is 6.80. The number of nitrogens with one attached hydrogen (secondary N) is 3. The van der Waals surface area contributed by atoms with Gasteiger partial charge in [-0.15, -0.1) is 22.0 Å². The molecule has 2 aliphatic heterocycles. The summed E-state index contributed by atoms with van der Waals surface area (Å²) < 4.78 is 5.25. The molecule has 4 rings (SSSR count). The number of carboxylic acids is 2. The predicted octanol–water partition coefficient (Wildman–Crippen LogP) is -0.156. The molecule has 0 saturated carbocycles. The molecule has 5 N–H and O–H groups in total. The summed E-state index contributed by atoms with van der Waals surface area (Å²) in [5.41, 5.74) is 1.63. The lowest BCUT2D eigenvalue weighted by Crippen LogP contribution is -2.70. The highest BCUT2D eigenvalue weighted by atomic mass is 32.2. The van der Waals surface area contributed by atoms with Gasteiger partial charge < -0.3 is 25.6 Å². The van der Waals surface area contributed by atoms with E-state index in [-0.39, 0.29) is 34.5 Å². The second kappa shape index (κ2) is 11.8. The number of carbonyl (C=O) groups excluding carboxylic acids is 2. The topological polar surface area (TPSA) is 200 Å². The Morgan fingerprint density at radius 2 is 2.11 bits per heavy atom. The van der Waals surface area contributed by atoms with Crippen molar-refractivity contribution in [2.45, 2.75) is 41.2 Å². The molecule has 1 saturated heterocycles. The van der Waals surface area contributed by atoms with Crippen LogP contribution in [-0.2, 0) is 32.1 Å². The van der Waals surface area contributed by atoms with Gasteiger partial charge in [-0.05, 0) is 41.1 Å². The van der Waals surface area contributed by atoms with Gasteiger partial charge in [-0.1, -0.05) is 17.8 Å². The van der Waals surface area contributed by atoms with E-state index in [1.165, 1.54) is 11.8 Å². The average Bonchev–Trinajstić information content (AvgIpc) is 3.40. The van der Waals surface area contributed by atoms with Crippen LogP contribution in [0.15, 0.2) is 34.6 Å². The molecule has 202 valence electrons. The molecule has 16 heteroatoms. The Bertz CT molecular complexity index is 1270. The minimum Gasteiger partial charge on any atom is -0.497 e. The van der Waals surface area contributed by atoms with Gasteiger partial charge in [0.15, 0.2) is 0 Å². The highest BCUT2D eigenvalue weighted by Gasteiger charge is 2.55. The van der Waals surface area contributed by atoms with Gasteiger partial charge in [-0.3, -0.25) is 19.3 Å². The van der Waals surface area contributed by atoms with Crippen LogP contribution in [0.25, 0.3) is 0 Å². The number of aromatic amines is 1. The van der Waals surface area contributed by atoms with Crippen LogP contribution in [0.4, 0.5) is 0 Å². The number of hydrogen-bond donors (Lipinski definition) is 5. The van der Waals surface area contributed by atoms with Crippen molar-refractivity contribution in [2.24, 2.45) is 0 Å². The third-order valence-corrected chi connectivity index (χ3v) is 8.39. The molecule has 0 aliphatic carbocycles.